The molecule has 0 aliphatic rings. The lowest BCUT2D eigenvalue weighted by atomic mass is 10.1. The number of halogens is 1. The Labute approximate surface area is 106 Å². The van der Waals surface area contributed by atoms with E-state index in [0.29, 0.717) is 25.1 Å². The Morgan fingerprint density at radius 3 is 3.00 bits per heavy atom. The third-order valence-corrected chi connectivity index (χ3v) is 2.25. The van der Waals surface area contributed by atoms with Crippen molar-refractivity contribution in [1.29, 1.82) is 0 Å². The number of nitrogens with one attached hydrogen (secondary N) is 1. The Morgan fingerprint density at radius 1 is 1.56 bits per heavy atom. The summed E-state index contributed by atoms with van der Waals surface area (Å²) in [4.78, 5) is 11.3. The van der Waals surface area contributed by atoms with E-state index in [1.54, 1.807) is 18.2 Å². The molecule has 0 bridgehead atoms. The van der Waals surface area contributed by atoms with Crippen LogP contribution in [0.5, 0.6) is 5.75 Å². The van der Waals surface area contributed by atoms with Gasteiger partial charge in [-0.3, -0.25) is 4.79 Å². The van der Waals surface area contributed by atoms with Crippen molar-refractivity contribution in [3.8, 4) is 5.75 Å². The van der Waals surface area contributed by atoms with E-state index in [9.17, 15) is 9.18 Å². The first-order valence-electron chi connectivity index (χ1n) is 5.67. The zero-order chi connectivity index (χ0) is 13.4. The van der Waals surface area contributed by atoms with Crippen LogP contribution in [-0.4, -0.2) is 25.6 Å². The van der Waals surface area contributed by atoms with Gasteiger partial charge in [0.1, 0.15) is 0 Å². The second kappa shape index (κ2) is 7.45. The molecule has 0 aromatic heterocycles. The number of hydrogen-bond donors (Lipinski definition) is 2. The molecule has 98 valence electrons. The SMILES string of the molecule is C=CCNC(=O)COc1c(F)cccc1CCN. The number of benzene rings is 1. The number of carbonyl (C=O) groups is 1. The van der Waals surface area contributed by atoms with E-state index in [1.165, 1.54) is 6.07 Å². The lowest BCUT2D eigenvalue weighted by Gasteiger charge is -2.11. The van der Waals surface area contributed by atoms with Crippen molar-refractivity contribution in [1.82, 2.24) is 5.32 Å². The number of amides is 1. The first kappa shape index (κ1) is 14.2. The molecule has 1 amide bonds. The molecule has 0 fully saturated rings. The molecule has 0 radical (unpaired) electrons. The summed E-state index contributed by atoms with van der Waals surface area (Å²) < 4.78 is 18.8. The zero-order valence-electron chi connectivity index (χ0n) is 10.1. The summed E-state index contributed by atoms with van der Waals surface area (Å²) in [6.07, 6.45) is 2.06. The molecule has 1 rings (SSSR count). The van der Waals surface area contributed by atoms with Crippen LogP contribution < -0.4 is 15.8 Å². The van der Waals surface area contributed by atoms with E-state index in [1.807, 2.05) is 0 Å². The molecule has 0 aliphatic carbocycles. The van der Waals surface area contributed by atoms with Crippen LogP contribution in [0, 0.1) is 5.82 Å². The van der Waals surface area contributed by atoms with Crippen LogP contribution in [-0.2, 0) is 11.2 Å². The van der Waals surface area contributed by atoms with Crippen LogP contribution in [0.2, 0.25) is 0 Å². The number of ether oxygens (including phenoxy) is 1. The van der Waals surface area contributed by atoms with Crippen molar-refractivity contribution in [2.45, 2.75) is 6.42 Å². The van der Waals surface area contributed by atoms with E-state index in [0.717, 1.165) is 0 Å². The predicted octanol–water partition coefficient (Wildman–Crippen LogP) is 1.01. The van der Waals surface area contributed by atoms with Gasteiger partial charge in [-0.05, 0) is 24.6 Å². The predicted molar refractivity (Wildman–Crippen MR) is 67.9 cm³/mol. The average Bonchev–Trinajstić information content (AvgIpc) is 2.36. The van der Waals surface area contributed by atoms with Crippen LogP contribution in [0.4, 0.5) is 4.39 Å². The van der Waals surface area contributed by atoms with Gasteiger partial charge < -0.3 is 15.8 Å². The zero-order valence-corrected chi connectivity index (χ0v) is 10.1. The normalized spacial score (nSPS) is 9.89. The van der Waals surface area contributed by atoms with Gasteiger partial charge in [0, 0.05) is 6.54 Å². The lowest BCUT2D eigenvalue weighted by Crippen LogP contribution is -2.29. The maximum absolute atomic E-state index is 13.6. The molecule has 0 heterocycles. The molecule has 0 spiro atoms. The van der Waals surface area contributed by atoms with Gasteiger partial charge in [-0.1, -0.05) is 18.2 Å². The third kappa shape index (κ3) is 4.18. The molecule has 3 N–H and O–H groups in total. The Morgan fingerprint density at radius 2 is 2.33 bits per heavy atom. The van der Waals surface area contributed by atoms with Crippen molar-refractivity contribution in [2.75, 3.05) is 19.7 Å². The van der Waals surface area contributed by atoms with E-state index >= 15 is 0 Å². The van der Waals surface area contributed by atoms with Gasteiger partial charge in [-0.15, -0.1) is 6.58 Å². The summed E-state index contributed by atoms with van der Waals surface area (Å²) in [5.74, 6) is -0.717. The van der Waals surface area contributed by atoms with Crippen molar-refractivity contribution in [3.05, 3.63) is 42.2 Å². The van der Waals surface area contributed by atoms with E-state index in [4.69, 9.17) is 10.5 Å². The van der Waals surface area contributed by atoms with Gasteiger partial charge in [0.25, 0.3) is 5.91 Å². The third-order valence-electron chi connectivity index (χ3n) is 2.25. The average molecular weight is 252 g/mol. The number of para-hydroxylation sites is 1. The highest BCUT2D eigenvalue weighted by atomic mass is 19.1. The van der Waals surface area contributed by atoms with Gasteiger partial charge >= 0.3 is 0 Å². The lowest BCUT2D eigenvalue weighted by molar-refractivity contribution is -0.122. The fourth-order valence-corrected chi connectivity index (χ4v) is 1.44. The van der Waals surface area contributed by atoms with E-state index in [2.05, 4.69) is 11.9 Å². The molecule has 1 aromatic rings. The Kier molecular flexibility index (Phi) is 5.87. The monoisotopic (exact) mass is 252 g/mol. The number of carbonyl (C=O) groups excluding carboxylic acids is 1. The quantitative estimate of drug-likeness (QED) is 0.712. The Hall–Kier alpha value is -1.88. The van der Waals surface area contributed by atoms with Crippen molar-refractivity contribution in [2.24, 2.45) is 5.73 Å². The fraction of sp³-hybridized carbons (Fsp3) is 0.308. The molecule has 4 nitrogen and oxygen atoms in total. The second-order valence-corrected chi connectivity index (χ2v) is 3.65. The summed E-state index contributed by atoms with van der Waals surface area (Å²) in [6.45, 7) is 3.99. The maximum atomic E-state index is 13.6. The number of hydrogen-bond acceptors (Lipinski definition) is 3. The first-order valence-corrected chi connectivity index (χ1v) is 5.67. The van der Waals surface area contributed by atoms with Crippen molar-refractivity contribution in [3.63, 3.8) is 0 Å². The minimum Gasteiger partial charge on any atom is -0.480 e. The molecule has 5 heteroatoms. The topological polar surface area (TPSA) is 64.3 Å². The Bertz CT molecular complexity index is 421. The molecule has 18 heavy (non-hydrogen) atoms. The summed E-state index contributed by atoms with van der Waals surface area (Å²) >= 11 is 0. The fourth-order valence-electron chi connectivity index (χ4n) is 1.44. The molecule has 0 aliphatic heterocycles. The first-order chi connectivity index (χ1) is 8.69. The number of rotatable bonds is 7. The summed E-state index contributed by atoms with van der Waals surface area (Å²) in [7, 11) is 0. The second-order valence-electron chi connectivity index (χ2n) is 3.65. The van der Waals surface area contributed by atoms with Gasteiger partial charge in [0.05, 0.1) is 0 Å². The molecular formula is C13H17FN2O2. The molecule has 0 saturated heterocycles. The van der Waals surface area contributed by atoms with Crippen LogP contribution >= 0.6 is 0 Å². The van der Waals surface area contributed by atoms with Crippen LogP contribution in [0.25, 0.3) is 0 Å². The van der Waals surface area contributed by atoms with Crippen molar-refractivity contribution < 1.29 is 13.9 Å². The Balaban J connectivity index is 2.65. The minimum absolute atomic E-state index is 0.0942. The van der Waals surface area contributed by atoms with Crippen LogP contribution in [0.3, 0.4) is 0 Å². The van der Waals surface area contributed by atoms with Crippen LogP contribution in [0.15, 0.2) is 30.9 Å². The largest absolute Gasteiger partial charge is 0.480 e. The highest BCUT2D eigenvalue weighted by Crippen LogP contribution is 2.22. The van der Waals surface area contributed by atoms with E-state index < -0.39 is 5.82 Å². The standard InChI is InChI=1S/C13H17FN2O2/c1-2-8-16-12(17)9-18-13-10(6-7-15)4-3-5-11(13)14/h2-5H,1,6-9,15H2,(H,16,17). The molecular weight excluding hydrogens is 235 g/mol. The molecule has 0 saturated carbocycles. The van der Waals surface area contributed by atoms with Gasteiger partial charge in [0.15, 0.2) is 18.2 Å². The van der Waals surface area contributed by atoms with Gasteiger partial charge in [0.2, 0.25) is 0 Å². The van der Waals surface area contributed by atoms with Crippen LogP contribution in [0.1, 0.15) is 5.56 Å². The molecule has 0 unspecified atom stereocenters. The maximum Gasteiger partial charge on any atom is 0.258 e. The van der Waals surface area contributed by atoms with E-state index in [-0.39, 0.29) is 18.3 Å². The summed E-state index contributed by atoms with van der Waals surface area (Å²) in [5.41, 5.74) is 6.09. The smallest absolute Gasteiger partial charge is 0.258 e. The summed E-state index contributed by atoms with van der Waals surface area (Å²) in [5, 5.41) is 2.54. The number of nitrogens with two attached hydrogens (primary N) is 1. The highest BCUT2D eigenvalue weighted by molar-refractivity contribution is 5.77. The highest BCUT2D eigenvalue weighted by Gasteiger charge is 2.11. The minimum atomic E-state index is -0.488. The van der Waals surface area contributed by atoms with Gasteiger partial charge in [-0.25, -0.2) is 4.39 Å². The van der Waals surface area contributed by atoms with Crippen molar-refractivity contribution >= 4 is 5.91 Å². The summed E-state index contributed by atoms with van der Waals surface area (Å²) in [6, 6.07) is 4.61. The van der Waals surface area contributed by atoms with Gasteiger partial charge in [-0.2, -0.15) is 0 Å². The molecule has 1 aromatic carbocycles. The molecule has 0 atom stereocenters.